The topological polar surface area (TPSA) is 45.5 Å². The number of hydrogen-bond donors (Lipinski definition) is 1. The van der Waals surface area contributed by atoms with Crippen molar-refractivity contribution >= 4 is 5.91 Å². The average Bonchev–Trinajstić information content (AvgIpc) is 3.25. The van der Waals surface area contributed by atoms with E-state index >= 15 is 0 Å². The first-order valence-corrected chi connectivity index (χ1v) is 9.24. The lowest BCUT2D eigenvalue weighted by atomic mass is 9.73. The van der Waals surface area contributed by atoms with Crippen molar-refractivity contribution in [1.29, 1.82) is 0 Å². The molecule has 1 N–H and O–H groups in total. The summed E-state index contributed by atoms with van der Waals surface area (Å²) < 4.78 is 5.19. The largest absolute Gasteiger partial charge is 0.472 e. The van der Waals surface area contributed by atoms with Gasteiger partial charge in [-0.25, -0.2) is 0 Å². The van der Waals surface area contributed by atoms with E-state index in [4.69, 9.17) is 4.42 Å². The van der Waals surface area contributed by atoms with Gasteiger partial charge in [0.25, 0.3) is 0 Å². The van der Waals surface area contributed by atoms with Crippen LogP contribution in [0, 0.1) is 0 Å². The molecule has 25 heavy (non-hydrogen) atoms. The molecule has 0 radical (unpaired) electrons. The van der Waals surface area contributed by atoms with Crippen LogP contribution in [0.4, 0.5) is 0 Å². The van der Waals surface area contributed by atoms with Gasteiger partial charge in [-0.2, -0.15) is 0 Å². The molecule has 4 rings (SSSR count). The van der Waals surface area contributed by atoms with Crippen molar-refractivity contribution in [2.45, 2.75) is 43.6 Å². The number of piperidine rings is 1. The van der Waals surface area contributed by atoms with Crippen molar-refractivity contribution in [3.05, 3.63) is 59.5 Å². The number of carbonyl (C=O) groups is 1. The normalized spacial score (nSPS) is 22.0. The van der Waals surface area contributed by atoms with Crippen LogP contribution in [0.25, 0.3) is 0 Å². The van der Waals surface area contributed by atoms with Crippen LogP contribution in [-0.2, 0) is 16.8 Å². The minimum Gasteiger partial charge on any atom is -0.472 e. The van der Waals surface area contributed by atoms with E-state index in [1.54, 1.807) is 13.3 Å². The van der Waals surface area contributed by atoms with E-state index in [1.165, 1.54) is 29.5 Å². The Hall–Kier alpha value is -2.07. The van der Waals surface area contributed by atoms with Gasteiger partial charge >= 0.3 is 0 Å². The van der Waals surface area contributed by atoms with Crippen LogP contribution in [-0.4, -0.2) is 30.9 Å². The summed E-state index contributed by atoms with van der Waals surface area (Å²) in [6.45, 7) is 3.17. The van der Waals surface area contributed by atoms with Crippen LogP contribution in [0.1, 0.15) is 48.3 Å². The highest BCUT2D eigenvalue weighted by Crippen LogP contribution is 2.52. The Morgan fingerprint density at radius 2 is 2.08 bits per heavy atom. The van der Waals surface area contributed by atoms with Crippen LogP contribution in [0.2, 0.25) is 0 Å². The standard InChI is InChI=1S/C21H26N2O2/c1-22-20(24)12-17-13-21(19-5-3-2-4-18(17)19)7-9-23(10-8-21)14-16-6-11-25-15-16/h2-6,11,15,17H,7-10,12-14H2,1H3,(H,22,24)/t17-/m0/s1. The molecule has 1 aliphatic carbocycles. The number of nitrogens with zero attached hydrogens (tertiary/aromatic N) is 1. The minimum absolute atomic E-state index is 0.147. The Morgan fingerprint density at radius 3 is 2.80 bits per heavy atom. The van der Waals surface area contributed by atoms with E-state index < -0.39 is 0 Å². The SMILES string of the molecule is CNC(=O)C[C@H]1CC2(CCN(Cc3ccoc3)CC2)c2ccccc21. The van der Waals surface area contributed by atoms with Gasteiger partial charge in [-0.15, -0.1) is 0 Å². The second-order valence-electron chi connectivity index (χ2n) is 7.55. The predicted octanol–water partition coefficient (Wildman–Crippen LogP) is 3.44. The monoisotopic (exact) mass is 338 g/mol. The van der Waals surface area contributed by atoms with E-state index in [0.29, 0.717) is 12.3 Å². The van der Waals surface area contributed by atoms with Crippen LogP contribution in [0.5, 0.6) is 0 Å². The number of benzene rings is 1. The zero-order valence-electron chi connectivity index (χ0n) is 14.8. The van der Waals surface area contributed by atoms with Gasteiger partial charge in [-0.1, -0.05) is 24.3 Å². The Bertz CT molecular complexity index is 730. The van der Waals surface area contributed by atoms with Gasteiger partial charge < -0.3 is 9.73 Å². The van der Waals surface area contributed by atoms with Crippen molar-refractivity contribution < 1.29 is 9.21 Å². The number of nitrogens with one attached hydrogen (secondary N) is 1. The van der Waals surface area contributed by atoms with Crippen molar-refractivity contribution in [2.75, 3.05) is 20.1 Å². The Labute approximate surface area is 149 Å². The molecular weight excluding hydrogens is 312 g/mol. The smallest absolute Gasteiger partial charge is 0.220 e. The van der Waals surface area contributed by atoms with Gasteiger partial charge in [-0.3, -0.25) is 9.69 Å². The van der Waals surface area contributed by atoms with Crippen molar-refractivity contribution in [1.82, 2.24) is 10.2 Å². The van der Waals surface area contributed by atoms with Gasteiger partial charge in [0.05, 0.1) is 12.5 Å². The van der Waals surface area contributed by atoms with E-state index in [-0.39, 0.29) is 11.3 Å². The molecule has 0 unspecified atom stereocenters. The van der Waals surface area contributed by atoms with Crippen LogP contribution >= 0.6 is 0 Å². The third-order valence-electron chi connectivity index (χ3n) is 6.12. The first-order chi connectivity index (χ1) is 12.2. The summed E-state index contributed by atoms with van der Waals surface area (Å²) >= 11 is 0. The van der Waals surface area contributed by atoms with Crippen molar-refractivity contribution in [3.63, 3.8) is 0 Å². The Morgan fingerprint density at radius 1 is 1.28 bits per heavy atom. The molecule has 1 fully saturated rings. The van der Waals surface area contributed by atoms with Gasteiger partial charge in [0.1, 0.15) is 0 Å². The third-order valence-corrected chi connectivity index (χ3v) is 6.12. The number of fused-ring (bicyclic) bond motifs is 2. The van der Waals surface area contributed by atoms with E-state index in [1.807, 2.05) is 6.26 Å². The molecule has 1 aromatic heterocycles. The molecule has 132 valence electrons. The molecular formula is C21H26N2O2. The first-order valence-electron chi connectivity index (χ1n) is 9.24. The quantitative estimate of drug-likeness (QED) is 0.929. The molecule has 1 spiro atoms. The average molecular weight is 338 g/mol. The number of amides is 1. The maximum absolute atomic E-state index is 12.0. The molecule has 2 heterocycles. The summed E-state index contributed by atoms with van der Waals surface area (Å²) in [5.41, 5.74) is 4.39. The van der Waals surface area contributed by atoms with Gasteiger partial charge in [0, 0.05) is 25.6 Å². The van der Waals surface area contributed by atoms with E-state index in [2.05, 4.69) is 40.5 Å². The second kappa shape index (κ2) is 6.68. The summed E-state index contributed by atoms with van der Waals surface area (Å²) in [6, 6.07) is 10.8. The molecule has 4 nitrogen and oxygen atoms in total. The molecule has 1 aliphatic heterocycles. The van der Waals surface area contributed by atoms with Crippen molar-refractivity contribution in [2.24, 2.45) is 0 Å². The van der Waals surface area contributed by atoms with Gasteiger partial charge in [-0.05, 0) is 60.9 Å². The summed E-state index contributed by atoms with van der Waals surface area (Å²) in [7, 11) is 1.73. The van der Waals surface area contributed by atoms with Gasteiger partial charge in [0.2, 0.25) is 5.91 Å². The maximum atomic E-state index is 12.0. The minimum atomic E-state index is 0.147. The summed E-state index contributed by atoms with van der Waals surface area (Å²) in [5.74, 6) is 0.505. The predicted molar refractivity (Wildman–Crippen MR) is 97.4 cm³/mol. The summed E-state index contributed by atoms with van der Waals surface area (Å²) in [5, 5.41) is 2.79. The fourth-order valence-electron chi connectivity index (χ4n) is 4.79. The molecule has 0 bridgehead atoms. The zero-order chi connectivity index (χ0) is 17.3. The third kappa shape index (κ3) is 3.11. The molecule has 1 aromatic carbocycles. The highest BCUT2D eigenvalue weighted by Gasteiger charge is 2.45. The fourth-order valence-corrected chi connectivity index (χ4v) is 4.79. The molecule has 2 aliphatic rings. The number of carbonyl (C=O) groups excluding carboxylic acids is 1. The number of hydrogen-bond acceptors (Lipinski definition) is 3. The fraction of sp³-hybridized carbons (Fsp3) is 0.476. The Balaban J connectivity index is 1.50. The number of furan rings is 1. The highest BCUT2D eigenvalue weighted by molar-refractivity contribution is 5.77. The molecule has 4 heteroatoms. The van der Waals surface area contributed by atoms with Crippen molar-refractivity contribution in [3.8, 4) is 0 Å². The summed E-state index contributed by atoms with van der Waals surface area (Å²) in [6.07, 6.45) is 7.65. The lowest BCUT2D eigenvalue weighted by molar-refractivity contribution is -0.121. The highest BCUT2D eigenvalue weighted by atomic mass is 16.3. The molecule has 1 amide bonds. The van der Waals surface area contributed by atoms with Gasteiger partial charge in [0.15, 0.2) is 0 Å². The Kier molecular flexibility index (Phi) is 4.38. The molecule has 0 saturated carbocycles. The van der Waals surface area contributed by atoms with E-state index in [9.17, 15) is 4.79 Å². The second-order valence-corrected chi connectivity index (χ2v) is 7.55. The lowest BCUT2D eigenvalue weighted by Crippen LogP contribution is -2.41. The molecule has 1 saturated heterocycles. The lowest BCUT2D eigenvalue weighted by Gasteiger charge is -2.40. The molecule has 1 atom stereocenters. The van der Waals surface area contributed by atoms with E-state index in [0.717, 1.165) is 26.1 Å². The maximum Gasteiger partial charge on any atom is 0.220 e. The van der Waals surface area contributed by atoms with Crippen LogP contribution in [0.3, 0.4) is 0 Å². The molecule has 2 aromatic rings. The number of rotatable bonds is 4. The zero-order valence-corrected chi connectivity index (χ0v) is 14.8. The number of likely N-dealkylation sites (tertiary alicyclic amines) is 1. The summed E-state index contributed by atoms with van der Waals surface area (Å²) in [4.78, 5) is 14.5. The van der Waals surface area contributed by atoms with Crippen LogP contribution in [0.15, 0.2) is 47.3 Å². The van der Waals surface area contributed by atoms with Crippen LogP contribution < -0.4 is 5.32 Å². The first kappa shape index (κ1) is 16.4.